The van der Waals surface area contributed by atoms with Crippen molar-refractivity contribution in [1.29, 1.82) is 0 Å². The number of imidazole rings is 1. The number of aliphatic hydroxyl groups is 1. The molecule has 2 heterocycles. The zero-order chi connectivity index (χ0) is 10.1. The predicted molar refractivity (Wildman–Crippen MR) is 54.8 cm³/mol. The minimum absolute atomic E-state index is 0.0619. The normalized spacial score (nSPS) is 21.3. The van der Waals surface area contributed by atoms with Gasteiger partial charge in [-0.2, -0.15) is 0 Å². The molecule has 1 unspecified atom stereocenters. The van der Waals surface area contributed by atoms with Gasteiger partial charge < -0.3 is 9.67 Å². The van der Waals surface area contributed by atoms with E-state index in [-0.39, 0.29) is 6.61 Å². The number of aliphatic hydroxyl groups excluding tert-OH is 1. The van der Waals surface area contributed by atoms with Crippen molar-refractivity contribution < 1.29 is 5.11 Å². The minimum Gasteiger partial charge on any atom is -0.390 e. The minimum atomic E-state index is 0.0619. The number of hydrogen-bond acceptors (Lipinski definition) is 2. The maximum Gasteiger partial charge on any atom is 0.109 e. The van der Waals surface area contributed by atoms with Gasteiger partial charge in [0.25, 0.3) is 0 Å². The third-order valence-corrected chi connectivity index (χ3v) is 3.20. The maximum atomic E-state index is 8.99. The van der Waals surface area contributed by atoms with Crippen molar-refractivity contribution in [3.05, 3.63) is 17.7 Å². The molecule has 0 fully saturated rings. The quantitative estimate of drug-likeness (QED) is 0.776. The SMILES string of the molecule is CC(C)C1CCn2cc(CO)nc2C1. The highest BCUT2D eigenvalue weighted by molar-refractivity contribution is 5.06. The van der Waals surface area contributed by atoms with Gasteiger partial charge in [0, 0.05) is 19.2 Å². The van der Waals surface area contributed by atoms with E-state index in [1.807, 2.05) is 6.20 Å². The summed E-state index contributed by atoms with van der Waals surface area (Å²) in [4.78, 5) is 4.41. The van der Waals surface area contributed by atoms with Crippen LogP contribution in [0.2, 0.25) is 0 Å². The molecule has 1 N–H and O–H groups in total. The molecule has 0 saturated heterocycles. The van der Waals surface area contributed by atoms with Crippen molar-refractivity contribution in [2.45, 2.75) is 39.8 Å². The van der Waals surface area contributed by atoms with E-state index in [0.29, 0.717) is 0 Å². The van der Waals surface area contributed by atoms with Crippen molar-refractivity contribution in [3.8, 4) is 0 Å². The molecule has 0 radical (unpaired) electrons. The van der Waals surface area contributed by atoms with Crippen LogP contribution in [0, 0.1) is 11.8 Å². The smallest absolute Gasteiger partial charge is 0.109 e. The van der Waals surface area contributed by atoms with E-state index in [4.69, 9.17) is 5.11 Å². The van der Waals surface area contributed by atoms with Crippen molar-refractivity contribution >= 4 is 0 Å². The Balaban J connectivity index is 2.17. The molecule has 14 heavy (non-hydrogen) atoms. The first kappa shape index (κ1) is 9.71. The van der Waals surface area contributed by atoms with Crippen molar-refractivity contribution in [2.75, 3.05) is 0 Å². The molecule has 0 aliphatic carbocycles. The first-order valence-corrected chi connectivity index (χ1v) is 5.36. The summed E-state index contributed by atoms with van der Waals surface area (Å²) in [5.41, 5.74) is 0.810. The number of nitrogens with zero attached hydrogens (tertiary/aromatic N) is 2. The summed E-state index contributed by atoms with van der Waals surface area (Å²) in [6, 6.07) is 0. The van der Waals surface area contributed by atoms with Crippen molar-refractivity contribution in [3.63, 3.8) is 0 Å². The molecule has 3 heteroatoms. The Morgan fingerprint density at radius 1 is 1.64 bits per heavy atom. The van der Waals surface area contributed by atoms with Crippen LogP contribution in [0.15, 0.2) is 6.20 Å². The van der Waals surface area contributed by atoms with Crippen LogP contribution in [0.5, 0.6) is 0 Å². The van der Waals surface area contributed by atoms with Gasteiger partial charge in [-0.25, -0.2) is 4.98 Å². The zero-order valence-electron chi connectivity index (χ0n) is 8.90. The molecule has 0 saturated carbocycles. The van der Waals surface area contributed by atoms with Gasteiger partial charge in [-0.05, 0) is 18.3 Å². The summed E-state index contributed by atoms with van der Waals surface area (Å²) in [6.45, 7) is 5.67. The van der Waals surface area contributed by atoms with E-state index < -0.39 is 0 Å². The summed E-state index contributed by atoms with van der Waals surface area (Å²) < 4.78 is 2.18. The second-order valence-corrected chi connectivity index (χ2v) is 4.50. The van der Waals surface area contributed by atoms with E-state index in [2.05, 4.69) is 23.4 Å². The largest absolute Gasteiger partial charge is 0.390 e. The maximum absolute atomic E-state index is 8.99. The van der Waals surface area contributed by atoms with Gasteiger partial charge in [0.15, 0.2) is 0 Å². The molecule has 1 aliphatic rings. The molecule has 3 nitrogen and oxygen atoms in total. The third kappa shape index (κ3) is 1.69. The molecule has 0 spiro atoms. The summed E-state index contributed by atoms with van der Waals surface area (Å²) in [7, 11) is 0. The summed E-state index contributed by atoms with van der Waals surface area (Å²) >= 11 is 0. The van der Waals surface area contributed by atoms with Gasteiger partial charge in [0.1, 0.15) is 5.82 Å². The van der Waals surface area contributed by atoms with Crippen LogP contribution < -0.4 is 0 Å². The number of aromatic nitrogens is 2. The summed E-state index contributed by atoms with van der Waals surface area (Å²) in [5.74, 6) is 2.65. The van der Waals surface area contributed by atoms with E-state index in [9.17, 15) is 0 Å². The fourth-order valence-corrected chi connectivity index (χ4v) is 2.16. The Hall–Kier alpha value is -0.830. The first-order chi connectivity index (χ1) is 6.70. The van der Waals surface area contributed by atoms with Crippen molar-refractivity contribution in [1.82, 2.24) is 9.55 Å². The molecule has 2 rings (SSSR count). The van der Waals surface area contributed by atoms with E-state index in [0.717, 1.165) is 36.3 Å². The molecule has 1 aliphatic heterocycles. The van der Waals surface area contributed by atoms with E-state index in [1.165, 1.54) is 6.42 Å². The monoisotopic (exact) mass is 194 g/mol. The third-order valence-electron chi connectivity index (χ3n) is 3.20. The lowest BCUT2D eigenvalue weighted by atomic mass is 9.87. The Kier molecular flexibility index (Phi) is 2.59. The molecule has 0 bridgehead atoms. The Morgan fingerprint density at radius 2 is 2.43 bits per heavy atom. The van der Waals surface area contributed by atoms with Crippen LogP contribution in [0.4, 0.5) is 0 Å². The number of hydrogen-bond donors (Lipinski definition) is 1. The molecular formula is C11H18N2O. The standard InChI is InChI=1S/C11H18N2O/c1-8(2)9-3-4-13-6-10(7-14)12-11(13)5-9/h6,8-9,14H,3-5,7H2,1-2H3. The number of rotatable bonds is 2. The Labute approximate surface area is 84.8 Å². The average Bonchev–Trinajstić information content (AvgIpc) is 2.58. The van der Waals surface area contributed by atoms with Gasteiger partial charge in [-0.3, -0.25) is 0 Å². The molecule has 0 amide bonds. The summed E-state index contributed by atoms with van der Waals surface area (Å²) in [5, 5.41) is 8.99. The second kappa shape index (κ2) is 3.73. The van der Waals surface area contributed by atoms with Crippen molar-refractivity contribution in [2.24, 2.45) is 11.8 Å². The van der Waals surface area contributed by atoms with Crippen LogP contribution in [0.1, 0.15) is 31.8 Å². The highest BCUT2D eigenvalue weighted by atomic mass is 16.3. The molecule has 1 aromatic rings. The molecule has 0 aromatic carbocycles. The molecule has 1 aromatic heterocycles. The van der Waals surface area contributed by atoms with Crippen LogP contribution in [0.25, 0.3) is 0 Å². The number of fused-ring (bicyclic) bond motifs is 1. The van der Waals surface area contributed by atoms with E-state index >= 15 is 0 Å². The first-order valence-electron chi connectivity index (χ1n) is 5.36. The lowest BCUT2D eigenvalue weighted by Crippen LogP contribution is -2.22. The predicted octanol–water partition coefficient (Wildman–Crippen LogP) is 1.59. The van der Waals surface area contributed by atoms with Crippen LogP contribution in [-0.2, 0) is 19.6 Å². The molecule has 1 atom stereocenters. The topological polar surface area (TPSA) is 38.0 Å². The van der Waals surface area contributed by atoms with Crippen LogP contribution in [-0.4, -0.2) is 14.7 Å². The molecular weight excluding hydrogens is 176 g/mol. The fourth-order valence-electron chi connectivity index (χ4n) is 2.16. The Morgan fingerprint density at radius 3 is 3.07 bits per heavy atom. The van der Waals surface area contributed by atoms with Gasteiger partial charge in [-0.1, -0.05) is 13.8 Å². The molecule has 78 valence electrons. The highest BCUT2D eigenvalue weighted by Crippen LogP contribution is 2.26. The zero-order valence-corrected chi connectivity index (χ0v) is 8.90. The summed E-state index contributed by atoms with van der Waals surface area (Å²) in [6.07, 6.45) is 4.29. The second-order valence-electron chi connectivity index (χ2n) is 4.50. The van der Waals surface area contributed by atoms with E-state index in [1.54, 1.807) is 0 Å². The van der Waals surface area contributed by atoms with Gasteiger partial charge in [0.05, 0.1) is 12.3 Å². The average molecular weight is 194 g/mol. The lowest BCUT2D eigenvalue weighted by Gasteiger charge is -2.26. The lowest BCUT2D eigenvalue weighted by molar-refractivity contribution is 0.277. The fraction of sp³-hybridized carbons (Fsp3) is 0.727. The van der Waals surface area contributed by atoms with Gasteiger partial charge in [-0.15, -0.1) is 0 Å². The van der Waals surface area contributed by atoms with Crippen LogP contribution in [0.3, 0.4) is 0 Å². The Bertz CT molecular complexity index is 317. The van der Waals surface area contributed by atoms with Gasteiger partial charge >= 0.3 is 0 Å². The number of aryl methyl sites for hydroxylation is 1. The highest BCUT2D eigenvalue weighted by Gasteiger charge is 2.22. The van der Waals surface area contributed by atoms with Gasteiger partial charge in [0.2, 0.25) is 0 Å². The van der Waals surface area contributed by atoms with Crippen LogP contribution >= 0.6 is 0 Å².